The summed E-state index contributed by atoms with van der Waals surface area (Å²) >= 11 is 0. The Bertz CT molecular complexity index is 125. The molecule has 1 rings (SSSR count). The highest BCUT2D eigenvalue weighted by atomic mass is 16.3. The van der Waals surface area contributed by atoms with Crippen molar-refractivity contribution < 1.29 is 5.11 Å². The van der Waals surface area contributed by atoms with Crippen molar-refractivity contribution in [2.45, 2.75) is 52.1 Å². The predicted molar refractivity (Wildman–Crippen MR) is 47.4 cm³/mol. The fraction of sp³-hybridized carbons (Fsp3) is 1.00. The molecule has 1 N–H and O–H groups in total. The quantitative estimate of drug-likeness (QED) is 0.663. The molecule has 1 fully saturated rings. The van der Waals surface area contributed by atoms with Crippen LogP contribution in [0, 0.1) is 11.8 Å². The van der Waals surface area contributed by atoms with Crippen LogP contribution in [0.3, 0.4) is 0 Å². The first kappa shape index (κ1) is 9.05. The van der Waals surface area contributed by atoms with Gasteiger partial charge in [-0.3, -0.25) is 0 Å². The Kier molecular flexibility index (Phi) is 2.58. The van der Waals surface area contributed by atoms with Gasteiger partial charge in [0.25, 0.3) is 0 Å². The smallest absolute Gasteiger partial charge is 0.0652 e. The van der Waals surface area contributed by atoms with E-state index in [0.29, 0.717) is 5.92 Å². The molecule has 1 unspecified atom stereocenters. The Morgan fingerprint density at radius 3 is 2.18 bits per heavy atom. The molecule has 1 aliphatic carbocycles. The third-order valence-corrected chi connectivity index (χ3v) is 2.43. The van der Waals surface area contributed by atoms with Gasteiger partial charge in [0.1, 0.15) is 0 Å². The molecule has 66 valence electrons. The molecule has 0 amide bonds. The van der Waals surface area contributed by atoms with Crippen molar-refractivity contribution in [2.24, 2.45) is 11.8 Å². The Morgan fingerprint density at radius 1 is 1.27 bits per heavy atom. The first-order chi connectivity index (χ1) is 5.02. The molecular weight excluding hydrogens is 136 g/mol. The first-order valence-corrected chi connectivity index (χ1v) is 4.74. The fourth-order valence-electron chi connectivity index (χ4n) is 1.89. The number of hydrogen-bond acceptors (Lipinski definition) is 1. The minimum absolute atomic E-state index is 0.242. The predicted octanol–water partition coefficient (Wildman–Crippen LogP) is 2.58. The molecule has 0 aromatic carbocycles. The van der Waals surface area contributed by atoms with Crippen molar-refractivity contribution in [3.63, 3.8) is 0 Å². The zero-order valence-electron chi connectivity index (χ0n) is 7.93. The highest BCUT2D eigenvalue weighted by Crippen LogP contribution is 2.41. The minimum Gasteiger partial charge on any atom is -0.390 e. The lowest BCUT2D eigenvalue weighted by Gasteiger charge is -2.16. The second-order valence-electron chi connectivity index (χ2n) is 4.66. The van der Waals surface area contributed by atoms with Gasteiger partial charge in [-0.1, -0.05) is 20.8 Å². The monoisotopic (exact) mass is 156 g/mol. The van der Waals surface area contributed by atoms with Gasteiger partial charge in [0.15, 0.2) is 0 Å². The van der Waals surface area contributed by atoms with E-state index in [0.717, 1.165) is 25.2 Å². The largest absolute Gasteiger partial charge is 0.390 e. The molecule has 0 aromatic heterocycles. The third kappa shape index (κ3) is 3.24. The van der Waals surface area contributed by atoms with E-state index in [9.17, 15) is 5.11 Å². The topological polar surface area (TPSA) is 20.2 Å². The number of rotatable bonds is 4. The molecule has 0 aromatic rings. The number of aliphatic hydroxyl groups is 1. The van der Waals surface area contributed by atoms with Crippen LogP contribution in [0.15, 0.2) is 0 Å². The van der Waals surface area contributed by atoms with Crippen molar-refractivity contribution in [2.75, 3.05) is 0 Å². The summed E-state index contributed by atoms with van der Waals surface area (Å²) in [5.41, 5.74) is -0.242. The van der Waals surface area contributed by atoms with Gasteiger partial charge < -0.3 is 5.11 Å². The Balaban J connectivity index is 2.15. The summed E-state index contributed by atoms with van der Waals surface area (Å²) in [6.45, 7) is 6.73. The summed E-state index contributed by atoms with van der Waals surface area (Å²) < 4.78 is 0. The van der Waals surface area contributed by atoms with Crippen LogP contribution >= 0.6 is 0 Å². The minimum atomic E-state index is -0.242. The lowest BCUT2D eigenvalue weighted by Crippen LogP contribution is -2.13. The van der Waals surface area contributed by atoms with Crippen LogP contribution < -0.4 is 0 Å². The van der Waals surface area contributed by atoms with E-state index in [1.807, 2.05) is 0 Å². The van der Waals surface area contributed by atoms with E-state index in [1.54, 1.807) is 0 Å². The van der Waals surface area contributed by atoms with Crippen LogP contribution in [0.1, 0.15) is 46.5 Å². The second-order valence-corrected chi connectivity index (χ2v) is 4.66. The molecule has 0 bridgehead atoms. The van der Waals surface area contributed by atoms with Gasteiger partial charge in [0.05, 0.1) is 5.60 Å². The standard InChI is InChI=1S/C10H20O/c1-8(2)6-9(3)7-10(11)4-5-10/h8-9,11H,4-7H2,1-3H3. The van der Waals surface area contributed by atoms with Crippen molar-refractivity contribution in [1.82, 2.24) is 0 Å². The highest BCUT2D eigenvalue weighted by molar-refractivity contribution is 4.94. The van der Waals surface area contributed by atoms with Gasteiger partial charge in [-0.25, -0.2) is 0 Å². The molecule has 1 heteroatoms. The molecule has 11 heavy (non-hydrogen) atoms. The van der Waals surface area contributed by atoms with Gasteiger partial charge in [0, 0.05) is 0 Å². The van der Waals surface area contributed by atoms with Gasteiger partial charge in [-0.05, 0) is 37.5 Å². The molecular formula is C10H20O. The summed E-state index contributed by atoms with van der Waals surface area (Å²) in [6, 6.07) is 0. The van der Waals surface area contributed by atoms with Crippen molar-refractivity contribution in [1.29, 1.82) is 0 Å². The van der Waals surface area contributed by atoms with Gasteiger partial charge in [-0.15, -0.1) is 0 Å². The van der Waals surface area contributed by atoms with Crippen molar-refractivity contribution in [3.8, 4) is 0 Å². The molecule has 0 aliphatic heterocycles. The van der Waals surface area contributed by atoms with Crippen LogP contribution in [0.2, 0.25) is 0 Å². The average molecular weight is 156 g/mol. The summed E-state index contributed by atoms with van der Waals surface area (Å²) in [5, 5.41) is 9.61. The molecule has 0 spiro atoms. The highest BCUT2D eigenvalue weighted by Gasteiger charge is 2.40. The Hall–Kier alpha value is -0.0400. The molecule has 1 atom stereocenters. The zero-order chi connectivity index (χ0) is 8.48. The zero-order valence-corrected chi connectivity index (χ0v) is 7.93. The maximum atomic E-state index is 9.61. The summed E-state index contributed by atoms with van der Waals surface area (Å²) in [6.07, 6.45) is 4.35. The van der Waals surface area contributed by atoms with Gasteiger partial charge >= 0.3 is 0 Å². The maximum absolute atomic E-state index is 9.61. The number of hydrogen-bond donors (Lipinski definition) is 1. The molecule has 0 radical (unpaired) electrons. The van der Waals surface area contributed by atoms with E-state index in [-0.39, 0.29) is 5.60 Å². The lowest BCUT2D eigenvalue weighted by atomic mass is 9.93. The van der Waals surface area contributed by atoms with Crippen LogP contribution in [0.25, 0.3) is 0 Å². The molecule has 1 aliphatic rings. The van der Waals surface area contributed by atoms with Crippen LogP contribution in [0.4, 0.5) is 0 Å². The van der Waals surface area contributed by atoms with Crippen molar-refractivity contribution >= 4 is 0 Å². The van der Waals surface area contributed by atoms with Gasteiger partial charge in [0.2, 0.25) is 0 Å². The van der Waals surface area contributed by atoms with E-state index in [2.05, 4.69) is 20.8 Å². The van der Waals surface area contributed by atoms with E-state index >= 15 is 0 Å². The fourth-order valence-corrected chi connectivity index (χ4v) is 1.89. The molecule has 1 nitrogen and oxygen atoms in total. The first-order valence-electron chi connectivity index (χ1n) is 4.74. The van der Waals surface area contributed by atoms with Crippen molar-refractivity contribution in [3.05, 3.63) is 0 Å². The molecule has 0 heterocycles. The van der Waals surface area contributed by atoms with E-state index < -0.39 is 0 Å². The average Bonchev–Trinajstić information content (AvgIpc) is 2.44. The maximum Gasteiger partial charge on any atom is 0.0652 e. The summed E-state index contributed by atoms with van der Waals surface area (Å²) in [5.74, 6) is 1.47. The van der Waals surface area contributed by atoms with Crippen LogP contribution in [0.5, 0.6) is 0 Å². The Morgan fingerprint density at radius 2 is 1.82 bits per heavy atom. The van der Waals surface area contributed by atoms with E-state index in [4.69, 9.17) is 0 Å². The van der Waals surface area contributed by atoms with E-state index in [1.165, 1.54) is 6.42 Å². The van der Waals surface area contributed by atoms with Crippen LogP contribution in [-0.4, -0.2) is 10.7 Å². The normalized spacial score (nSPS) is 23.7. The SMILES string of the molecule is CC(C)CC(C)CC1(O)CC1. The second kappa shape index (κ2) is 3.14. The van der Waals surface area contributed by atoms with Gasteiger partial charge in [-0.2, -0.15) is 0 Å². The molecule has 0 saturated heterocycles. The van der Waals surface area contributed by atoms with Crippen LogP contribution in [-0.2, 0) is 0 Å². The Labute approximate surface area is 69.8 Å². The summed E-state index contributed by atoms with van der Waals surface area (Å²) in [7, 11) is 0. The third-order valence-electron chi connectivity index (χ3n) is 2.43. The molecule has 1 saturated carbocycles. The lowest BCUT2D eigenvalue weighted by molar-refractivity contribution is 0.116. The summed E-state index contributed by atoms with van der Waals surface area (Å²) in [4.78, 5) is 0.